The lowest BCUT2D eigenvalue weighted by Crippen LogP contribution is -2.19. The third-order valence-corrected chi connectivity index (χ3v) is 4.66. The van der Waals surface area contributed by atoms with Gasteiger partial charge < -0.3 is 20.7 Å². The first-order chi connectivity index (χ1) is 14.9. The van der Waals surface area contributed by atoms with Gasteiger partial charge in [0.2, 0.25) is 5.91 Å². The highest BCUT2D eigenvalue weighted by atomic mass is 19.1. The molecular weight excluding hydrogens is 397 g/mol. The van der Waals surface area contributed by atoms with Gasteiger partial charge in [-0.15, -0.1) is 0 Å². The predicted octanol–water partition coefficient (Wildman–Crippen LogP) is 5.36. The SMILES string of the molecule is COc1ccc(CCC(=O)Nc2cc(NC(=O)Nc3ccccc3)ccc2C)cc1F. The predicted molar refractivity (Wildman–Crippen MR) is 120 cm³/mol. The number of ether oxygens (including phenoxy) is 1. The van der Waals surface area contributed by atoms with Gasteiger partial charge in [-0.1, -0.05) is 30.3 Å². The van der Waals surface area contributed by atoms with Gasteiger partial charge in [0.15, 0.2) is 11.6 Å². The van der Waals surface area contributed by atoms with Gasteiger partial charge in [0.1, 0.15) is 0 Å². The van der Waals surface area contributed by atoms with Crippen LogP contribution < -0.4 is 20.7 Å². The number of methoxy groups -OCH3 is 1. The van der Waals surface area contributed by atoms with Crippen LogP contribution in [0.2, 0.25) is 0 Å². The number of nitrogens with one attached hydrogen (secondary N) is 3. The van der Waals surface area contributed by atoms with E-state index in [0.29, 0.717) is 29.0 Å². The van der Waals surface area contributed by atoms with Gasteiger partial charge >= 0.3 is 6.03 Å². The van der Waals surface area contributed by atoms with Crippen molar-refractivity contribution in [3.63, 3.8) is 0 Å². The van der Waals surface area contributed by atoms with Gasteiger partial charge in [-0.05, 0) is 60.9 Å². The van der Waals surface area contributed by atoms with Crippen LogP contribution in [0, 0.1) is 12.7 Å². The van der Waals surface area contributed by atoms with Crippen molar-refractivity contribution in [1.82, 2.24) is 0 Å². The second-order valence-corrected chi connectivity index (χ2v) is 6.99. The highest BCUT2D eigenvalue weighted by Gasteiger charge is 2.10. The van der Waals surface area contributed by atoms with Crippen molar-refractivity contribution in [2.75, 3.05) is 23.1 Å². The maximum absolute atomic E-state index is 13.8. The van der Waals surface area contributed by atoms with E-state index in [-0.39, 0.29) is 24.1 Å². The number of rotatable bonds is 7. The highest BCUT2D eigenvalue weighted by Crippen LogP contribution is 2.22. The summed E-state index contributed by atoms with van der Waals surface area (Å²) in [6.45, 7) is 1.86. The molecule has 0 radical (unpaired) electrons. The summed E-state index contributed by atoms with van der Waals surface area (Å²) in [5, 5.41) is 8.34. The zero-order valence-electron chi connectivity index (χ0n) is 17.4. The van der Waals surface area contributed by atoms with Gasteiger partial charge in [0.25, 0.3) is 0 Å². The van der Waals surface area contributed by atoms with E-state index in [1.54, 1.807) is 36.4 Å². The van der Waals surface area contributed by atoms with Crippen molar-refractivity contribution in [3.8, 4) is 5.75 Å². The van der Waals surface area contributed by atoms with Crippen molar-refractivity contribution in [2.24, 2.45) is 0 Å². The lowest BCUT2D eigenvalue weighted by atomic mass is 10.1. The average molecular weight is 421 g/mol. The normalized spacial score (nSPS) is 10.3. The third kappa shape index (κ3) is 6.30. The van der Waals surface area contributed by atoms with E-state index in [1.807, 2.05) is 31.2 Å². The summed E-state index contributed by atoms with van der Waals surface area (Å²) in [5.41, 5.74) is 3.39. The van der Waals surface area contributed by atoms with Crippen LogP contribution in [0.5, 0.6) is 5.75 Å². The first-order valence-corrected chi connectivity index (χ1v) is 9.80. The minimum atomic E-state index is -0.455. The van der Waals surface area contributed by atoms with Crippen LogP contribution >= 0.6 is 0 Å². The van der Waals surface area contributed by atoms with Gasteiger partial charge in [0, 0.05) is 23.5 Å². The number of para-hydroxylation sites is 1. The van der Waals surface area contributed by atoms with Crippen molar-refractivity contribution in [2.45, 2.75) is 19.8 Å². The molecule has 0 bridgehead atoms. The molecule has 0 aliphatic rings. The maximum atomic E-state index is 13.8. The molecule has 0 unspecified atom stereocenters. The Labute approximate surface area is 180 Å². The van der Waals surface area contributed by atoms with E-state index >= 15 is 0 Å². The first-order valence-electron chi connectivity index (χ1n) is 9.80. The van der Waals surface area contributed by atoms with E-state index in [4.69, 9.17) is 4.74 Å². The molecule has 0 aliphatic heterocycles. The van der Waals surface area contributed by atoms with E-state index in [0.717, 1.165) is 5.56 Å². The number of halogens is 1. The number of hydrogen-bond acceptors (Lipinski definition) is 3. The van der Waals surface area contributed by atoms with E-state index in [1.165, 1.54) is 13.2 Å². The fraction of sp³-hybridized carbons (Fsp3) is 0.167. The largest absolute Gasteiger partial charge is 0.494 e. The first kappa shape index (κ1) is 21.8. The smallest absolute Gasteiger partial charge is 0.323 e. The summed E-state index contributed by atoms with van der Waals surface area (Å²) in [6.07, 6.45) is 0.584. The van der Waals surface area contributed by atoms with Gasteiger partial charge in [0.05, 0.1) is 7.11 Å². The molecule has 0 spiro atoms. The number of benzene rings is 3. The lowest BCUT2D eigenvalue weighted by Gasteiger charge is -2.12. The fourth-order valence-electron chi connectivity index (χ4n) is 2.99. The van der Waals surface area contributed by atoms with Gasteiger partial charge in [-0.25, -0.2) is 9.18 Å². The van der Waals surface area contributed by atoms with Crippen LogP contribution in [-0.2, 0) is 11.2 Å². The highest BCUT2D eigenvalue weighted by molar-refractivity contribution is 6.00. The Kier molecular flexibility index (Phi) is 7.22. The molecule has 0 aliphatic carbocycles. The quantitative estimate of drug-likeness (QED) is 0.481. The summed E-state index contributed by atoms with van der Waals surface area (Å²) in [4.78, 5) is 24.6. The number of carbonyl (C=O) groups is 2. The van der Waals surface area contributed by atoms with Gasteiger partial charge in [-0.2, -0.15) is 0 Å². The Morgan fingerprint density at radius 3 is 2.35 bits per heavy atom. The second-order valence-electron chi connectivity index (χ2n) is 6.99. The molecule has 6 nitrogen and oxygen atoms in total. The minimum absolute atomic E-state index is 0.171. The molecule has 31 heavy (non-hydrogen) atoms. The fourth-order valence-corrected chi connectivity index (χ4v) is 2.99. The zero-order valence-corrected chi connectivity index (χ0v) is 17.4. The van der Waals surface area contributed by atoms with Crippen LogP contribution in [0.4, 0.5) is 26.2 Å². The summed E-state index contributed by atoms with van der Waals surface area (Å²) in [7, 11) is 1.40. The van der Waals surface area contributed by atoms with E-state index in [2.05, 4.69) is 16.0 Å². The Balaban J connectivity index is 1.57. The van der Waals surface area contributed by atoms with Crippen LogP contribution in [0.15, 0.2) is 66.7 Å². The molecule has 3 N–H and O–H groups in total. The standard InChI is InChI=1S/C24H24FN3O3/c1-16-8-11-19(27-24(30)26-18-6-4-3-5-7-18)15-21(16)28-23(29)13-10-17-9-12-22(31-2)20(25)14-17/h3-9,11-12,14-15H,10,13H2,1-2H3,(H,28,29)(H2,26,27,30). The average Bonchev–Trinajstić information content (AvgIpc) is 2.75. The minimum Gasteiger partial charge on any atom is -0.494 e. The molecule has 3 aromatic rings. The Morgan fingerprint density at radius 1 is 0.903 bits per heavy atom. The number of amides is 3. The molecule has 3 rings (SSSR count). The molecule has 0 atom stereocenters. The molecule has 0 saturated heterocycles. The molecule has 3 aromatic carbocycles. The number of hydrogen-bond donors (Lipinski definition) is 3. The Hall–Kier alpha value is -3.87. The summed E-state index contributed by atoms with van der Waals surface area (Å²) in [5.74, 6) is -0.488. The van der Waals surface area contributed by atoms with E-state index in [9.17, 15) is 14.0 Å². The molecule has 0 aromatic heterocycles. The second kappa shape index (κ2) is 10.2. The number of urea groups is 1. The topological polar surface area (TPSA) is 79.5 Å². The van der Waals surface area contributed by atoms with Crippen molar-refractivity contribution < 1.29 is 18.7 Å². The van der Waals surface area contributed by atoms with Crippen LogP contribution in [0.25, 0.3) is 0 Å². The van der Waals surface area contributed by atoms with Gasteiger partial charge in [-0.3, -0.25) is 4.79 Å². The summed E-state index contributed by atoms with van der Waals surface area (Å²) < 4.78 is 18.7. The number of anilines is 3. The lowest BCUT2D eigenvalue weighted by molar-refractivity contribution is -0.116. The summed E-state index contributed by atoms with van der Waals surface area (Å²) >= 11 is 0. The third-order valence-electron chi connectivity index (χ3n) is 4.66. The van der Waals surface area contributed by atoms with Crippen molar-refractivity contribution >= 4 is 29.0 Å². The van der Waals surface area contributed by atoms with Crippen molar-refractivity contribution in [1.29, 1.82) is 0 Å². The number of carbonyl (C=O) groups excluding carboxylic acids is 2. The Bertz CT molecular complexity index is 1070. The molecular formula is C24H24FN3O3. The molecule has 0 fully saturated rings. The molecule has 160 valence electrons. The van der Waals surface area contributed by atoms with Crippen LogP contribution in [0.3, 0.4) is 0 Å². The summed E-state index contributed by atoms with van der Waals surface area (Å²) in [6, 6.07) is 18.6. The molecule has 3 amide bonds. The zero-order chi connectivity index (χ0) is 22.2. The van der Waals surface area contributed by atoms with Crippen molar-refractivity contribution in [3.05, 3.63) is 83.7 Å². The monoisotopic (exact) mass is 421 g/mol. The number of aryl methyl sites for hydroxylation is 2. The molecule has 7 heteroatoms. The maximum Gasteiger partial charge on any atom is 0.323 e. The molecule has 0 saturated carbocycles. The van der Waals surface area contributed by atoms with Crippen LogP contribution in [-0.4, -0.2) is 19.0 Å². The Morgan fingerprint density at radius 2 is 1.65 bits per heavy atom. The van der Waals surface area contributed by atoms with Crippen LogP contribution in [0.1, 0.15) is 17.5 Å². The molecule has 0 heterocycles. The van der Waals surface area contributed by atoms with E-state index < -0.39 is 5.82 Å².